The lowest BCUT2D eigenvalue weighted by Gasteiger charge is -2.34. The second-order valence-corrected chi connectivity index (χ2v) is 6.71. The Labute approximate surface area is 165 Å². The average Bonchev–Trinajstić information content (AvgIpc) is 2.69. The Morgan fingerprint density at radius 2 is 1.86 bits per heavy atom. The van der Waals surface area contributed by atoms with Crippen LogP contribution in [0.25, 0.3) is 0 Å². The summed E-state index contributed by atoms with van der Waals surface area (Å²) < 4.78 is 5.69. The van der Waals surface area contributed by atoms with E-state index in [9.17, 15) is 9.59 Å². The first-order valence-corrected chi connectivity index (χ1v) is 9.43. The molecule has 3 amide bonds. The predicted molar refractivity (Wildman–Crippen MR) is 109 cm³/mol. The third-order valence-electron chi connectivity index (χ3n) is 4.60. The summed E-state index contributed by atoms with van der Waals surface area (Å²) >= 11 is 0. The lowest BCUT2D eigenvalue weighted by molar-refractivity contribution is -0.119. The van der Waals surface area contributed by atoms with Crippen LogP contribution in [-0.2, 0) is 4.79 Å². The molecule has 1 fully saturated rings. The number of urea groups is 1. The van der Waals surface area contributed by atoms with E-state index in [1.165, 1.54) is 0 Å². The van der Waals surface area contributed by atoms with Crippen molar-refractivity contribution in [2.24, 2.45) is 5.92 Å². The zero-order chi connectivity index (χ0) is 19.9. The lowest BCUT2D eigenvalue weighted by atomic mass is 9.88. The van der Waals surface area contributed by atoms with Gasteiger partial charge in [0.1, 0.15) is 11.7 Å². The van der Waals surface area contributed by atoms with E-state index < -0.39 is 12.0 Å². The Hall–Kier alpha value is -3.28. The van der Waals surface area contributed by atoms with Crippen LogP contribution in [0.5, 0.6) is 5.75 Å². The van der Waals surface area contributed by atoms with Crippen molar-refractivity contribution in [3.63, 3.8) is 0 Å². The molecular weight excluding hydrogens is 354 g/mol. The molecule has 0 aliphatic carbocycles. The van der Waals surface area contributed by atoms with Crippen LogP contribution in [0.2, 0.25) is 0 Å². The van der Waals surface area contributed by atoms with Gasteiger partial charge >= 0.3 is 6.03 Å². The van der Waals surface area contributed by atoms with Gasteiger partial charge in [0, 0.05) is 11.4 Å². The fourth-order valence-electron chi connectivity index (χ4n) is 3.12. The second kappa shape index (κ2) is 9.08. The second-order valence-electron chi connectivity index (χ2n) is 6.71. The topological polar surface area (TPSA) is 79.5 Å². The van der Waals surface area contributed by atoms with Crippen LogP contribution in [0.3, 0.4) is 0 Å². The van der Waals surface area contributed by atoms with Crippen LogP contribution in [0.4, 0.5) is 10.5 Å². The number of carbonyl (C=O) groups excluding carboxylic acids is 2. The van der Waals surface area contributed by atoms with Gasteiger partial charge < -0.3 is 20.7 Å². The summed E-state index contributed by atoms with van der Waals surface area (Å²) in [5, 5.41) is 8.34. The fourth-order valence-corrected chi connectivity index (χ4v) is 3.12. The molecule has 1 aliphatic rings. The third kappa shape index (κ3) is 4.71. The molecule has 0 unspecified atom stereocenters. The number of anilines is 1. The number of carbonyl (C=O) groups is 2. The molecule has 3 N–H and O–H groups in total. The zero-order valence-corrected chi connectivity index (χ0v) is 15.9. The van der Waals surface area contributed by atoms with Gasteiger partial charge in [-0.15, -0.1) is 0 Å². The van der Waals surface area contributed by atoms with Crippen molar-refractivity contribution in [1.29, 1.82) is 0 Å². The maximum atomic E-state index is 12.9. The first kappa shape index (κ1) is 19.5. The van der Waals surface area contributed by atoms with Crippen LogP contribution in [0, 0.1) is 5.92 Å². The number of hydrogen-bond donors (Lipinski definition) is 3. The molecule has 28 heavy (non-hydrogen) atoms. The molecule has 2 atom stereocenters. The van der Waals surface area contributed by atoms with E-state index in [4.69, 9.17) is 4.74 Å². The van der Waals surface area contributed by atoms with Crippen LogP contribution in [-0.4, -0.2) is 18.5 Å². The Bertz CT molecular complexity index is 834. The minimum Gasteiger partial charge on any atom is -0.494 e. The summed E-state index contributed by atoms with van der Waals surface area (Å²) in [7, 11) is 0. The van der Waals surface area contributed by atoms with Gasteiger partial charge in [-0.2, -0.15) is 0 Å². The molecular formula is C22H25N3O3. The monoisotopic (exact) mass is 379 g/mol. The Kier molecular flexibility index (Phi) is 6.32. The van der Waals surface area contributed by atoms with Crippen molar-refractivity contribution >= 4 is 17.6 Å². The number of amides is 3. The fraction of sp³-hybridized carbons (Fsp3) is 0.273. The zero-order valence-electron chi connectivity index (χ0n) is 15.9. The largest absolute Gasteiger partial charge is 0.494 e. The molecule has 2 aromatic rings. The highest BCUT2D eigenvalue weighted by molar-refractivity contribution is 5.97. The SMILES string of the molecule is C=C1NC(=O)N[C@H](c2ccc(OCCCC)cc2)[C@H]1C(=O)Nc1ccccc1. The summed E-state index contributed by atoms with van der Waals surface area (Å²) in [6.07, 6.45) is 2.06. The molecule has 1 saturated heterocycles. The molecule has 3 rings (SSSR count). The standard InChI is InChI=1S/C22H25N3O3/c1-3-4-14-28-18-12-10-16(11-13-18)20-19(15(2)23-22(27)25-20)21(26)24-17-8-6-5-7-9-17/h5-13,19-20H,2-4,14H2,1H3,(H,24,26)(H2,23,25,27)/t19-,20+/m0/s1. The number of benzene rings is 2. The molecule has 0 spiro atoms. The number of rotatable bonds is 7. The molecule has 6 nitrogen and oxygen atoms in total. The third-order valence-corrected chi connectivity index (χ3v) is 4.60. The maximum absolute atomic E-state index is 12.9. The predicted octanol–water partition coefficient (Wildman–Crippen LogP) is 3.99. The van der Waals surface area contributed by atoms with Gasteiger partial charge in [-0.3, -0.25) is 4.79 Å². The Morgan fingerprint density at radius 1 is 1.14 bits per heavy atom. The molecule has 1 heterocycles. The van der Waals surface area contributed by atoms with E-state index in [1.54, 1.807) is 0 Å². The van der Waals surface area contributed by atoms with E-state index in [-0.39, 0.29) is 11.9 Å². The van der Waals surface area contributed by atoms with Crippen molar-refractivity contribution in [2.45, 2.75) is 25.8 Å². The van der Waals surface area contributed by atoms with Crippen LogP contribution in [0.1, 0.15) is 31.4 Å². The van der Waals surface area contributed by atoms with Gasteiger partial charge in [0.15, 0.2) is 0 Å². The number of para-hydroxylation sites is 1. The maximum Gasteiger partial charge on any atom is 0.319 e. The van der Waals surface area contributed by atoms with Gasteiger partial charge in [-0.05, 0) is 36.2 Å². The first-order chi connectivity index (χ1) is 13.6. The first-order valence-electron chi connectivity index (χ1n) is 9.43. The van der Waals surface area contributed by atoms with E-state index in [0.29, 0.717) is 18.0 Å². The Morgan fingerprint density at radius 3 is 2.54 bits per heavy atom. The highest BCUT2D eigenvalue weighted by atomic mass is 16.5. The van der Waals surface area contributed by atoms with Gasteiger partial charge in [0.05, 0.1) is 12.6 Å². The number of ether oxygens (including phenoxy) is 1. The number of unbranched alkanes of at least 4 members (excludes halogenated alkanes) is 1. The molecule has 6 heteroatoms. The van der Waals surface area contributed by atoms with E-state index >= 15 is 0 Å². The molecule has 0 bridgehead atoms. The molecule has 1 aliphatic heterocycles. The molecule has 0 saturated carbocycles. The molecule has 0 radical (unpaired) electrons. The number of hydrogen-bond acceptors (Lipinski definition) is 3. The van der Waals surface area contributed by atoms with Crippen molar-refractivity contribution < 1.29 is 14.3 Å². The molecule has 146 valence electrons. The van der Waals surface area contributed by atoms with Gasteiger partial charge in [-0.25, -0.2) is 4.79 Å². The van der Waals surface area contributed by atoms with Crippen LogP contribution in [0.15, 0.2) is 66.9 Å². The summed E-state index contributed by atoms with van der Waals surface area (Å²) in [6.45, 7) is 6.67. The van der Waals surface area contributed by atoms with Gasteiger partial charge in [0.2, 0.25) is 5.91 Å². The van der Waals surface area contributed by atoms with Gasteiger partial charge in [-0.1, -0.05) is 50.3 Å². The lowest BCUT2D eigenvalue weighted by Crippen LogP contribution is -2.51. The minimum atomic E-state index is -0.648. The highest BCUT2D eigenvalue weighted by Gasteiger charge is 2.37. The normalized spacial score (nSPS) is 18.8. The molecule has 0 aromatic heterocycles. The van der Waals surface area contributed by atoms with Crippen molar-refractivity contribution in [3.8, 4) is 5.75 Å². The van der Waals surface area contributed by atoms with E-state index in [2.05, 4.69) is 29.5 Å². The van der Waals surface area contributed by atoms with Crippen molar-refractivity contribution in [3.05, 3.63) is 72.4 Å². The summed E-state index contributed by atoms with van der Waals surface area (Å²) in [6, 6.07) is 15.8. The number of nitrogens with one attached hydrogen (secondary N) is 3. The highest BCUT2D eigenvalue weighted by Crippen LogP contribution is 2.31. The summed E-state index contributed by atoms with van der Waals surface area (Å²) in [4.78, 5) is 24.9. The Balaban J connectivity index is 1.78. The van der Waals surface area contributed by atoms with Crippen molar-refractivity contribution in [1.82, 2.24) is 10.6 Å². The summed E-state index contributed by atoms with van der Waals surface area (Å²) in [5.41, 5.74) is 1.87. The minimum absolute atomic E-state index is 0.239. The van der Waals surface area contributed by atoms with Crippen molar-refractivity contribution in [2.75, 3.05) is 11.9 Å². The van der Waals surface area contributed by atoms with Crippen LogP contribution < -0.4 is 20.7 Å². The summed E-state index contributed by atoms with van der Waals surface area (Å²) in [5.74, 6) is -0.122. The van der Waals surface area contributed by atoms with E-state index in [1.807, 2.05) is 54.6 Å². The van der Waals surface area contributed by atoms with Crippen LogP contribution >= 0.6 is 0 Å². The average molecular weight is 379 g/mol. The van der Waals surface area contributed by atoms with Gasteiger partial charge in [0.25, 0.3) is 0 Å². The van der Waals surface area contributed by atoms with E-state index in [0.717, 1.165) is 24.2 Å². The quantitative estimate of drug-likeness (QED) is 0.637. The smallest absolute Gasteiger partial charge is 0.319 e. The molecule has 2 aromatic carbocycles.